The van der Waals surface area contributed by atoms with Crippen molar-refractivity contribution in [3.8, 4) is 6.07 Å². The number of hydrogen-bond acceptors (Lipinski definition) is 6. The number of nitriles is 1. The molecule has 2 aromatic rings. The van der Waals surface area contributed by atoms with Crippen LogP contribution in [0.3, 0.4) is 0 Å². The molecule has 0 aliphatic carbocycles. The first-order valence-electron chi connectivity index (χ1n) is 7.00. The standard InChI is InChI=1S/C18H14N2O2S2.Na/c19-11-15(17(22)20-14-9-5-2-6-10-14)18(23)24-12-16(21)13-7-3-1-4-8-13;/h1-10,20,22H,12H2;/q;+1/p-1. The van der Waals surface area contributed by atoms with E-state index in [4.69, 9.17) is 12.2 Å². The molecular formula is C18H13N2NaO2S2. The number of carbonyl (C=O) groups is 1. The summed E-state index contributed by atoms with van der Waals surface area (Å²) in [6.45, 7) is 0. The maximum Gasteiger partial charge on any atom is 1.00 e. The van der Waals surface area contributed by atoms with Crippen molar-refractivity contribution in [1.82, 2.24) is 0 Å². The number of nitrogens with one attached hydrogen (secondary N) is 1. The van der Waals surface area contributed by atoms with Crippen LogP contribution in [-0.4, -0.2) is 15.7 Å². The number of carbonyl (C=O) groups excluding carboxylic acids is 1. The van der Waals surface area contributed by atoms with Crippen molar-refractivity contribution in [3.63, 3.8) is 0 Å². The van der Waals surface area contributed by atoms with Crippen molar-refractivity contribution in [2.24, 2.45) is 0 Å². The first-order valence-corrected chi connectivity index (χ1v) is 8.40. The fourth-order valence-electron chi connectivity index (χ4n) is 1.81. The van der Waals surface area contributed by atoms with E-state index in [9.17, 15) is 15.2 Å². The Bertz CT molecular complexity index is 803. The molecule has 0 saturated carbocycles. The molecule has 0 fully saturated rings. The van der Waals surface area contributed by atoms with E-state index >= 15 is 0 Å². The van der Waals surface area contributed by atoms with E-state index in [1.54, 1.807) is 48.5 Å². The molecule has 0 bridgehead atoms. The van der Waals surface area contributed by atoms with Gasteiger partial charge in [0, 0.05) is 11.3 Å². The third-order valence-electron chi connectivity index (χ3n) is 3.00. The minimum Gasteiger partial charge on any atom is -0.859 e. The number of para-hydroxylation sites is 1. The normalized spacial score (nSPS) is 10.7. The predicted octanol–water partition coefficient (Wildman–Crippen LogP) is 0.141. The fraction of sp³-hybridized carbons (Fsp3) is 0.0556. The van der Waals surface area contributed by atoms with Crippen molar-refractivity contribution < 1.29 is 39.5 Å². The monoisotopic (exact) mass is 376 g/mol. The van der Waals surface area contributed by atoms with Crippen LogP contribution in [0.1, 0.15) is 10.4 Å². The Morgan fingerprint density at radius 3 is 2.24 bits per heavy atom. The molecule has 25 heavy (non-hydrogen) atoms. The van der Waals surface area contributed by atoms with Gasteiger partial charge in [-0.15, -0.1) is 11.8 Å². The first kappa shape index (κ1) is 21.4. The molecule has 0 amide bonds. The molecule has 0 spiro atoms. The second-order valence-electron chi connectivity index (χ2n) is 4.67. The Morgan fingerprint density at radius 1 is 1.12 bits per heavy atom. The van der Waals surface area contributed by atoms with Gasteiger partial charge in [0.15, 0.2) is 5.78 Å². The second-order valence-corrected chi connectivity index (χ2v) is 6.32. The number of anilines is 1. The van der Waals surface area contributed by atoms with Gasteiger partial charge < -0.3 is 10.4 Å². The Kier molecular flexibility index (Phi) is 9.50. The molecular weight excluding hydrogens is 363 g/mol. The Morgan fingerprint density at radius 2 is 1.68 bits per heavy atom. The quantitative estimate of drug-likeness (QED) is 0.193. The summed E-state index contributed by atoms with van der Waals surface area (Å²) in [5, 5.41) is 23.9. The van der Waals surface area contributed by atoms with E-state index < -0.39 is 5.88 Å². The van der Waals surface area contributed by atoms with Crippen LogP contribution in [0.25, 0.3) is 0 Å². The topological polar surface area (TPSA) is 76.0 Å². The molecule has 0 aliphatic rings. The number of thioether (sulfide) groups is 1. The minimum atomic E-state index is -0.576. The first-order chi connectivity index (χ1) is 11.6. The van der Waals surface area contributed by atoms with E-state index in [1.807, 2.05) is 18.2 Å². The zero-order valence-electron chi connectivity index (χ0n) is 13.6. The van der Waals surface area contributed by atoms with Gasteiger partial charge in [-0.3, -0.25) is 4.79 Å². The number of nitrogens with zero attached hydrogens (tertiary/aromatic N) is 1. The van der Waals surface area contributed by atoms with Crippen molar-refractivity contribution in [2.75, 3.05) is 11.1 Å². The summed E-state index contributed by atoms with van der Waals surface area (Å²) in [5.41, 5.74) is 0.975. The fourth-order valence-corrected chi connectivity index (χ4v) is 2.84. The zero-order valence-corrected chi connectivity index (χ0v) is 17.2. The summed E-state index contributed by atoms with van der Waals surface area (Å²) >= 11 is 6.14. The Hall–Kier alpha value is -1.62. The average Bonchev–Trinajstić information content (AvgIpc) is 2.62. The van der Waals surface area contributed by atoms with E-state index in [0.29, 0.717) is 11.3 Å². The van der Waals surface area contributed by atoms with Gasteiger partial charge >= 0.3 is 29.6 Å². The Balaban J connectivity index is 0.00000312. The number of thiocarbonyl (C=S) groups is 1. The summed E-state index contributed by atoms with van der Waals surface area (Å²) in [6.07, 6.45) is 0. The summed E-state index contributed by atoms with van der Waals surface area (Å²) in [7, 11) is 0. The predicted molar refractivity (Wildman–Crippen MR) is 98.5 cm³/mol. The van der Waals surface area contributed by atoms with Crippen LogP contribution in [0.15, 0.2) is 72.1 Å². The van der Waals surface area contributed by atoms with E-state index in [-0.39, 0.29) is 50.9 Å². The molecule has 1 N–H and O–H groups in total. The maximum atomic E-state index is 12.1. The second kappa shape index (κ2) is 11.1. The van der Waals surface area contributed by atoms with Gasteiger partial charge in [-0.1, -0.05) is 60.7 Å². The minimum absolute atomic E-state index is 0. The average molecular weight is 376 g/mol. The van der Waals surface area contributed by atoms with Crippen LogP contribution in [-0.2, 0) is 0 Å². The van der Waals surface area contributed by atoms with E-state index in [0.717, 1.165) is 11.8 Å². The van der Waals surface area contributed by atoms with Crippen LogP contribution >= 0.6 is 24.0 Å². The maximum absolute atomic E-state index is 12.1. The molecule has 0 saturated heterocycles. The largest absolute Gasteiger partial charge is 1.00 e. The summed E-state index contributed by atoms with van der Waals surface area (Å²) < 4.78 is 0.107. The third kappa shape index (κ3) is 6.65. The van der Waals surface area contributed by atoms with Crippen LogP contribution < -0.4 is 40.0 Å². The van der Waals surface area contributed by atoms with Crippen LogP contribution in [0, 0.1) is 11.3 Å². The van der Waals surface area contributed by atoms with E-state index in [2.05, 4.69) is 5.32 Å². The van der Waals surface area contributed by atoms with Gasteiger partial charge in [0.05, 0.1) is 15.5 Å². The summed E-state index contributed by atoms with van der Waals surface area (Å²) in [5.74, 6) is -0.607. The molecule has 0 heterocycles. The number of benzene rings is 2. The molecule has 4 nitrogen and oxygen atoms in total. The molecule has 2 rings (SSSR count). The van der Waals surface area contributed by atoms with Gasteiger partial charge in [0.2, 0.25) is 0 Å². The zero-order chi connectivity index (χ0) is 17.4. The molecule has 120 valence electrons. The number of rotatable bonds is 6. The van der Waals surface area contributed by atoms with Gasteiger partial charge in [-0.25, -0.2) is 0 Å². The summed E-state index contributed by atoms with van der Waals surface area (Å²) in [4.78, 5) is 12.0. The molecule has 0 radical (unpaired) electrons. The van der Waals surface area contributed by atoms with Crippen molar-refractivity contribution in [2.45, 2.75) is 0 Å². The summed E-state index contributed by atoms with van der Waals surface area (Å²) in [6, 6.07) is 19.4. The third-order valence-corrected chi connectivity index (χ3v) is 4.44. The van der Waals surface area contributed by atoms with Crippen molar-refractivity contribution in [3.05, 3.63) is 77.7 Å². The van der Waals surface area contributed by atoms with Gasteiger partial charge in [0.1, 0.15) is 6.07 Å². The van der Waals surface area contributed by atoms with Gasteiger partial charge in [-0.05, 0) is 18.0 Å². The van der Waals surface area contributed by atoms with E-state index in [1.165, 1.54) is 0 Å². The SMILES string of the molecule is N#CC(C(=S)SCC(=O)c1ccccc1)=C([O-])Nc1ccccc1.[Na+]. The van der Waals surface area contributed by atoms with Crippen LogP contribution in [0.4, 0.5) is 5.69 Å². The molecule has 0 aromatic heterocycles. The molecule has 2 aromatic carbocycles. The molecule has 7 heteroatoms. The number of Topliss-reactive ketones (excluding diaryl/α,β-unsaturated/α-hetero) is 1. The van der Waals surface area contributed by atoms with Crippen molar-refractivity contribution in [1.29, 1.82) is 5.26 Å². The molecule has 0 unspecified atom stereocenters. The Labute approximate surface area is 178 Å². The van der Waals surface area contributed by atoms with Crippen LogP contribution in [0.2, 0.25) is 0 Å². The van der Waals surface area contributed by atoms with Gasteiger partial charge in [-0.2, -0.15) is 5.26 Å². The van der Waals surface area contributed by atoms with Gasteiger partial charge in [0.25, 0.3) is 0 Å². The number of ketones is 1. The smallest absolute Gasteiger partial charge is 0.859 e. The van der Waals surface area contributed by atoms with Crippen molar-refractivity contribution >= 4 is 39.6 Å². The van der Waals surface area contributed by atoms with Crippen LogP contribution in [0.5, 0.6) is 0 Å². The molecule has 0 aliphatic heterocycles. The number of hydrogen-bond donors (Lipinski definition) is 1. The molecule has 0 atom stereocenters.